The summed E-state index contributed by atoms with van der Waals surface area (Å²) in [6.45, 7) is 1.53. The van der Waals surface area contributed by atoms with Crippen LogP contribution in [-0.2, 0) is 10.0 Å². The van der Waals surface area contributed by atoms with E-state index in [4.69, 9.17) is 5.11 Å². The molecule has 0 saturated heterocycles. The highest BCUT2D eigenvalue weighted by Gasteiger charge is 2.27. The molecule has 0 radical (unpaired) electrons. The SMILES string of the molecule is CCCCN(CCO)S(=O)(=O)c1cccc(F)c1F. The highest BCUT2D eigenvalue weighted by molar-refractivity contribution is 7.89. The van der Waals surface area contributed by atoms with Crippen molar-refractivity contribution in [3.63, 3.8) is 0 Å². The zero-order chi connectivity index (χ0) is 14.5. The molecule has 0 unspecified atom stereocenters. The molecule has 0 bridgehead atoms. The van der Waals surface area contributed by atoms with E-state index in [0.29, 0.717) is 6.42 Å². The zero-order valence-electron chi connectivity index (χ0n) is 10.6. The number of hydrogen-bond acceptors (Lipinski definition) is 3. The van der Waals surface area contributed by atoms with E-state index in [1.165, 1.54) is 0 Å². The second-order valence-corrected chi connectivity index (χ2v) is 5.94. The van der Waals surface area contributed by atoms with Crippen molar-refractivity contribution in [3.8, 4) is 0 Å². The van der Waals surface area contributed by atoms with Crippen molar-refractivity contribution in [1.82, 2.24) is 4.31 Å². The Kier molecular flexibility index (Phi) is 5.84. The lowest BCUT2D eigenvalue weighted by atomic mass is 10.3. The number of hydrogen-bond donors (Lipinski definition) is 1. The molecule has 0 atom stereocenters. The highest BCUT2D eigenvalue weighted by Crippen LogP contribution is 2.21. The molecule has 1 aromatic rings. The summed E-state index contributed by atoms with van der Waals surface area (Å²) in [6.07, 6.45) is 1.33. The van der Waals surface area contributed by atoms with E-state index < -0.39 is 26.6 Å². The van der Waals surface area contributed by atoms with E-state index in [-0.39, 0.29) is 19.7 Å². The fraction of sp³-hybridized carbons (Fsp3) is 0.500. The molecule has 19 heavy (non-hydrogen) atoms. The molecule has 0 fully saturated rings. The van der Waals surface area contributed by atoms with Crippen LogP contribution in [0, 0.1) is 11.6 Å². The number of sulfonamides is 1. The van der Waals surface area contributed by atoms with Crippen molar-refractivity contribution < 1.29 is 22.3 Å². The third kappa shape index (κ3) is 3.71. The first kappa shape index (κ1) is 16.0. The lowest BCUT2D eigenvalue weighted by Crippen LogP contribution is -2.35. The quantitative estimate of drug-likeness (QED) is 0.833. The van der Waals surface area contributed by atoms with Crippen LogP contribution in [0.15, 0.2) is 23.1 Å². The van der Waals surface area contributed by atoms with Crippen LogP contribution in [0.2, 0.25) is 0 Å². The van der Waals surface area contributed by atoms with E-state index in [2.05, 4.69) is 0 Å². The standard InChI is InChI=1S/C12H17F2NO3S/c1-2-3-7-15(8-9-16)19(17,18)11-6-4-5-10(13)12(11)14/h4-6,16H,2-3,7-9H2,1H3. The van der Waals surface area contributed by atoms with Gasteiger partial charge in [0.15, 0.2) is 11.6 Å². The van der Waals surface area contributed by atoms with Crippen molar-refractivity contribution in [2.75, 3.05) is 19.7 Å². The van der Waals surface area contributed by atoms with E-state index in [9.17, 15) is 17.2 Å². The van der Waals surface area contributed by atoms with Crippen molar-refractivity contribution >= 4 is 10.0 Å². The molecule has 0 aliphatic rings. The van der Waals surface area contributed by atoms with Gasteiger partial charge in [-0.2, -0.15) is 4.31 Å². The van der Waals surface area contributed by atoms with Crippen LogP contribution in [0.1, 0.15) is 19.8 Å². The van der Waals surface area contributed by atoms with Gasteiger partial charge in [-0.15, -0.1) is 0 Å². The first-order valence-corrected chi connectivity index (χ1v) is 7.44. The van der Waals surface area contributed by atoms with Gasteiger partial charge in [-0.1, -0.05) is 19.4 Å². The number of nitrogens with zero attached hydrogens (tertiary/aromatic N) is 1. The summed E-state index contributed by atoms with van der Waals surface area (Å²) in [7, 11) is -4.13. The van der Waals surface area contributed by atoms with Crippen molar-refractivity contribution in [1.29, 1.82) is 0 Å². The number of aliphatic hydroxyl groups is 1. The molecule has 0 spiro atoms. The number of rotatable bonds is 7. The molecular weight excluding hydrogens is 276 g/mol. The monoisotopic (exact) mass is 293 g/mol. The third-order valence-electron chi connectivity index (χ3n) is 2.64. The maximum Gasteiger partial charge on any atom is 0.246 e. The normalized spacial score (nSPS) is 12.1. The minimum atomic E-state index is -4.13. The molecule has 7 heteroatoms. The first-order chi connectivity index (χ1) is 8.95. The van der Waals surface area contributed by atoms with Crippen LogP contribution in [0.5, 0.6) is 0 Å². The fourth-order valence-corrected chi connectivity index (χ4v) is 3.16. The van der Waals surface area contributed by atoms with E-state index in [1.807, 2.05) is 6.92 Å². The Bertz CT molecular complexity index is 520. The Hall–Kier alpha value is -1.05. The fourth-order valence-electron chi connectivity index (χ4n) is 1.62. The summed E-state index contributed by atoms with van der Waals surface area (Å²) in [5, 5.41) is 8.90. The van der Waals surface area contributed by atoms with Crippen LogP contribution < -0.4 is 0 Å². The molecule has 0 saturated carbocycles. The Labute approximate surface area is 111 Å². The van der Waals surface area contributed by atoms with Gasteiger partial charge >= 0.3 is 0 Å². The zero-order valence-corrected chi connectivity index (χ0v) is 11.5. The molecule has 1 rings (SSSR count). The average Bonchev–Trinajstić information content (AvgIpc) is 2.37. The first-order valence-electron chi connectivity index (χ1n) is 6.00. The van der Waals surface area contributed by atoms with Gasteiger partial charge in [0.1, 0.15) is 4.90 Å². The minimum absolute atomic E-state index is 0.141. The summed E-state index contributed by atoms with van der Waals surface area (Å²) in [6, 6.07) is 3.02. The van der Waals surface area contributed by atoms with Crippen LogP contribution in [0.4, 0.5) is 8.78 Å². The van der Waals surface area contributed by atoms with Gasteiger partial charge < -0.3 is 5.11 Å². The Morgan fingerprint density at radius 2 is 1.95 bits per heavy atom. The molecule has 1 aromatic carbocycles. The lowest BCUT2D eigenvalue weighted by molar-refractivity contribution is 0.252. The second-order valence-electron chi connectivity index (χ2n) is 4.03. The maximum absolute atomic E-state index is 13.6. The summed E-state index contributed by atoms with van der Waals surface area (Å²) >= 11 is 0. The summed E-state index contributed by atoms with van der Waals surface area (Å²) in [5.74, 6) is -2.59. The molecule has 0 heterocycles. The topological polar surface area (TPSA) is 57.6 Å². The van der Waals surface area contributed by atoms with Crippen molar-refractivity contribution in [2.45, 2.75) is 24.7 Å². The van der Waals surface area contributed by atoms with Crippen LogP contribution >= 0.6 is 0 Å². The average molecular weight is 293 g/mol. The molecule has 0 aliphatic carbocycles. The second kappa shape index (κ2) is 6.93. The third-order valence-corrected chi connectivity index (χ3v) is 4.56. The van der Waals surface area contributed by atoms with Crippen LogP contribution in [0.25, 0.3) is 0 Å². The van der Waals surface area contributed by atoms with Crippen molar-refractivity contribution in [2.24, 2.45) is 0 Å². The van der Waals surface area contributed by atoms with Crippen LogP contribution in [-0.4, -0.2) is 37.5 Å². The van der Waals surface area contributed by atoms with Gasteiger partial charge in [-0.3, -0.25) is 0 Å². The van der Waals surface area contributed by atoms with E-state index >= 15 is 0 Å². The predicted octanol–water partition coefficient (Wildman–Crippen LogP) is 1.75. The molecular formula is C12H17F2NO3S. The van der Waals surface area contributed by atoms with Gasteiger partial charge in [-0.05, 0) is 18.6 Å². The van der Waals surface area contributed by atoms with Gasteiger partial charge in [0.2, 0.25) is 10.0 Å². The summed E-state index contributed by atoms with van der Waals surface area (Å²) in [4.78, 5) is -0.697. The highest BCUT2D eigenvalue weighted by atomic mass is 32.2. The van der Waals surface area contributed by atoms with E-state index in [1.54, 1.807) is 0 Å². The van der Waals surface area contributed by atoms with Gasteiger partial charge in [0.05, 0.1) is 6.61 Å². The Morgan fingerprint density at radius 3 is 2.53 bits per heavy atom. The minimum Gasteiger partial charge on any atom is -0.395 e. The van der Waals surface area contributed by atoms with E-state index in [0.717, 1.165) is 28.9 Å². The number of unbranched alkanes of at least 4 members (excludes halogenated alkanes) is 1. The summed E-state index contributed by atoms with van der Waals surface area (Å²) in [5.41, 5.74) is 0. The Morgan fingerprint density at radius 1 is 1.26 bits per heavy atom. The van der Waals surface area contributed by atoms with Crippen LogP contribution in [0.3, 0.4) is 0 Å². The maximum atomic E-state index is 13.6. The number of benzene rings is 1. The predicted molar refractivity (Wildman–Crippen MR) is 67.1 cm³/mol. The van der Waals surface area contributed by atoms with Gasteiger partial charge in [0, 0.05) is 13.1 Å². The molecule has 0 aliphatic heterocycles. The molecule has 108 valence electrons. The smallest absolute Gasteiger partial charge is 0.246 e. The molecule has 4 nitrogen and oxygen atoms in total. The number of halogens is 2. The number of aliphatic hydroxyl groups excluding tert-OH is 1. The molecule has 0 aromatic heterocycles. The molecule has 0 amide bonds. The van der Waals surface area contributed by atoms with Crippen molar-refractivity contribution in [3.05, 3.63) is 29.8 Å². The lowest BCUT2D eigenvalue weighted by Gasteiger charge is -2.21. The van der Waals surface area contributed by atoms with Gasteiger partial charge in [0.25, 0.3) is 0 Å². The molecule has 1 N–H and O–H groups in total. The largest absolute Gasteiger partial charge is 0.395 e. The summed E-state index contributed by atoms with van der Waals surface area (Å²) < 4.78 is 52.1. The Balaban J connectivity index is 3.15. The van der Waals surface area contributed by atoms with Gasteiger partial charge in [-0.25, -0.2) is 17.2 Å².